The molecule has 0 aromatic rings. The highest BCUT2D eigenvalue weighted by molar-refractivity contribution is 5.71. The molecule has 0 aromatic heterocycles. The number of carbonyl (C=O) groups excluding carboxylic acids is 3. The average Bonchev–Trinajstić information content (AvgIpc) is 3.38. The third-order valence-corrected chi connectivity index (χ3v) is 13.1. The third kappa shape index (κ3) is 57.5. The summed E-state index contributed by atoms with van der Waals surface area (Å²) < 4.78 is 16.9. The summed E-state index contributed by atoms with van der Waals surface area (Å²) in [5.41, 5.74) is 0. The van der Waals surface area contributed by atoms with Crippen LogP contribution in [0.15, 0.2) is 85.1 Å². The van der Waals surface area contributed by atoms with Gasteiger partial charge in [0, 0.05) is 19.3 Å². The van der Waals surface area contributed by atoms with Gasteiger partial charge in [-0.3, -0.25) is 14.4 Å². The van der Waals surface area contributed by atoms with Crippen LogP contribution in [0.1, 0.15) is 297 Å². The molecule has 0 aliphatic carbocycles. The SMILES string of the molecule is CC/C=C\C/C=C\C/C=C\C/C=C\CCCCCCCCC(=O)OCC(COC(=O)CCCCCCCCC/C=C\C/C=C\CCCCC)OC(=O)CCCCCCCCC/C=C\CCCCCCCCC. The van der Waals surface area contributed by atoms with Crippen molar-refractivity contribution >= 4 is 17.9 Å². The summed E-state index contributed by atoms with van der Waals surface area (Å²) in [6.07, 6.45) is 78.5. The molecule has 72 heavy (non-hydrogen) atoms. The Kier molecular flexibility index (Phi) is 57.3. The Bertz CT molecular complexity index is 1380. The Hall–Kier alpha value is -3.41. The Balaban J connectivity index is 4.42. The van der Waals surface area contributed by atoms with Gasteiger partial charge in [-0.25, -0.2) is 0 Å². The van der Waals surface area contributed by atoms with Crippen LogP contribution in [0.2, 0.25) is 0 Å². The van der Waals surface area contributed by atoms with Crippen molar-refractivity contribution in [3.05, 3.63) is 85.1 Å². The van der Waals surface area contributed by atoms with E-state index in [0.29, 0.717) is 19.3 Å². The maximum Gasteiger partial charge on any atom is 0.306 e. The van der Waals surface area contributed by atoms with Gasteiger partial charge in [-0.2, -0.15) is 0 Å². The molecule has 1 atom stereocenters. The van der Waals surface area contributed by atoms with Crippen molar-refractivity contribution in [1.82, 2.24) is 0 Å². The molecule has 6 heteroatoms. The molecular formula is C66H114O6. The molecule has 0 aliphatic rings. The van der Waals surface area contributed by atoms with E-state index in [-0.39, 0.29) is 31.1 Å². The van der Waals surface area contributed by atoms with E-state index in [0.717, 1.165) is 103 Å². The molecule has 0 bridgehead atoms. The lowest BCUT2D eigenvalue weighted by Crippen LogP contribution is -2.30. The predicted molar refractivity (Wildman–Crippen MR) is 311 cm³/mol. The van der Waals surface area contributed by atoms with Crippen LogP contribution in [-0.4, -0.2) is 37.2 Å². The van der Waals surface area contributed by atoms with E-state index in [1.54, 1.807) is 0 Å². The summed E-state index contributed by atoms with van der Waals surface area (Å²) in [5, 5.41) is 0. The average molecular weight is 1000 g/mol. The van der Waals surface area contributed by atoms with Crippen molar-refractivity contribution in [1.29, 1.82) is 0 Å². The van der Waals surface area contributed by atoms with Crippen LogP contribution in [0.3, 0.4) is 0 Å². The lowest BCUT2D eigenvalue weighted by atomic mass is 10.1. The second-order valence-electron chi connectivity index (χ2n) is 20.2. The fraction of sp³-hybridized carbons (Fsp3) is 0.742. The van der Waals surface area contributed by atoms with Crippen LogP contribution in [0.5, 0.6) is 0 Å². The van der Waals surface area contributed by atoms with Crippen molar-refractivity contribution in [2.24, 2.45) is 0 Å². The number of rotatable bonds is 55. The summed E-state index contributed by atoms with van der Waals surface area (Å²) >= 11 is 0. The van der Waals surface area contributed by atoms with Crippen LogP contribution in [0, 0.1) is 0 Å². The molecule has 0 aliphatic heterocycles. The van der Waals surface area contributed by atoms with Crippen LogP contribution >= 0.6 is 0 Å². The molecule has 0 heterocycles. The number of unbranched alkanes of at least 4 members (excludes halogenated alkanes) is 30. The smallest absolute Gasteiger partial charge is 0.306 e. The Morgan fingerprint density at radius 2 is 0.542 bits per heavy atom. The largest absolute Gasteiger partial charge is 0.462 e. The molecule has 0 saturated heterocycles. The molecule has 1 unspecified atom stereocenters. The topological polar surface area (TPSA) is 78.9 Å². The van der Waals surface area contributed by atoms with Gasteiger partial charge < -0.3 is 14.2 Å². The fourth-order valence-corrected chi connectivity index (χ4v) is 8.52. The minimum Gasteiger partial charge on any atom is -0.462 e. The van der Waals surface area contributed by atoms with E-state index in [2.05, 4.69) is 106 Å². The van der Waals surface area contributed by atoms with Crippen molar-refractivity contribution in [2.45, 2.75) is 303 Å². The summed E-state index contributed by atoms with van der Waals surface area (Å²) in [7, 11) is 0. The summed E-state index contributed by atoms with van der Waals surface area (Å²) in [6, 6.07) is 0. The van der Waals surface area contributed by atoms with Gasteiger partial charge in [0.15, 0.2) is 6.10 Å². The number of esters is 3. The van der Waals surface area contributed by atoms with Gasteiger partial charge in [0.05, 0.1) is 0 Å². The number of allylic oxidation sites excluding steroid dienone is 14. The first-order valence-electron chi connectivity index (χ1n) is 30.6. The molecule has 0 saturated carbocycles. The lowest BCUT2D eigenvalue weighted by molar-refractivity contribution is -0.167. The van der Waals surface area contributed by atoms with Gasteiger partial charge in [-0.15, -0.1) is 0 Å². The van der Waals surface area contributed by atoms with Crippen molar-refractivity contribution in [2.75, 3.05) is 13.2 Å². The van der Waals surface area contributed by atoms with Crippen LogP contribution < -0.4 is 0 Å². The van der Waals surface area contributed by atoms with E-state index in [1.807, 2.05) is 0 Å². The Morgan fingerprint density at radius 1 is 0.292 bits per heavy atom. The highest BCUT2D eigenvalue weighted by Gasteiger charge is 2.19. The van der Waals surface area contributed by atoms with Gasteiger partial charge >= 0.3 is 17.9 Å². The highest BCUT2D eigenvalue weighted by Crippen LogP contribution is 2.15. The number of hydrogen-bond acceptors (Lipinski definition) is 6. The molecule has 0 fully saturated rings. The van der Waals surface area contributed by atoms with Crippen molar-refractivity contribution in [3.63, 3.8) is 0 Å². The zero-order valence-corrected chi connectivity index (χ0v) is 47.4. The van der Waals surface area contributed by atoms with E-state index < -0.39 is 6.10 Å². The van der Waals surface area contributed by atoms with E-state index in [1.165, 1.54) is 154 Å². The van der Waals surface area contributed by atoms with Crippen molar-refractivity contribution < 1.29 is 28.6 Å². The second-order valence-corrected chi connectivity index (χ2v) is 20.2. The molecular weight excluding hydrogens is 889 g/mol. The maximum atomic E-state index is 12.9. The minimum absolute atomic E-state index is 0.0865. The van der Waals surface area contributed by atoms with Gasteiger partial charge in [0.2, 0.25) is 0 Å². The molecule has 0 N–H and O–H groups in total. The van der Waals surface area contributed by atoms with E-state index in [9.17, 15) is 14.4 Å². The Morgan fingerprint density at radius 3 is 0.889 bits per heavy atom. The number of ether oxygens (including phenoxy) is 3. The number of hydrogen-bond donors (Lipinski definition) is 0. The van der Waals surface area contributed by atoms with Gasteiger partial charge in [-0.05, 0) is 116 Å². The summed E-state index contributed by atoms with van der Waals surface area (Å²) in [4.78, 5) is 38.3. The lowest BCUT2D eigenvalue weighted by Gasteiger charge is -2.18. The molecule has 6 nitrogen and oxygen atoms in total. The quantitative estimate of drug-likeness (QED) is 0.0261. The zero-order valence-electron chi connectivity index (χ0n) is 47.4. The van der Waals surface area contributed by atoms with Crippen LogP contribution in [0.25, 0.3) is 0 Å². The second kappa shape index (κ2) is 60.1. The normalized spacial score (nSPS) is 12.7. The fourth-order valence-electron chi connectivity index (χ4n) is 8.52. The monoisotopic (exact) mass is 1000 g/mol. The van der Waals surface area contributed by atoms with Gasteiger partial charge in [-0.1, -0.05) is 247 Å². The van der Waals surface area contributed by atoms with Crippen LogP contribution in [-0.2, 0) is 28.6 Å². The standard InChI is InChI=1S/C66H114O6/c1-4-7-10-13-16-19-22-25-28-31-33-36-38-41-44-47-50-53-56-59-65(68)71-62-63(61-70-64(67)58-55-52-49-46-43-40-37-34-30-27-24-21-18-15-12-9-6-3)72-66(69)60-57-54-51-48-45-42-39-35-32-29-26-23-20-17-14-11-8-5-2/h7,10,16,18-19,21,25,27-30,32-33,36,63H,4-6,8-9,11-15,17,20,22-24,26,31,34-35,37-62H2,1-3H3/b10-7-,19-16-,21-18-,28-25-,30-27-,32-29-,36-33-. The van der Waals surface area contributed by atoms with Gasteiger partial charge in [0.25, 0.3) is 0 Å². The summed E-state index contributed by atoms with van der Waals surface area (Å²) in [5.74, 6) is -0.903. The first-order chi connectivity index (χ1) is 35.5. The highest BCUT2D eigenvalue weighted by atomic mass is 16.6. The Labute approximate surface area is 445 Å². The van der Waals surface area contributed by atoms with Crippen molar-refractivity contribution in [3.8, 4) is 0 Å². The van der Waals surface area contributed by atoms with E-state index >= 15 is 0 Å². The predicted octanol–water partition coefficient (Wildman–Crippen LogP) is 20.7. The molecule has 414 valence electrons. The zero-order chi connectivity index (χ0) is 52.2. The molecule has 0 radical (unpaired) electrons. The number of carbonyl (C=O) groups is 3. The molecule has 0 aromatic carbocycles. The first kappa shape index (κ1) is 68.6. The molecule has 0 rings (SSSR count). The minimum atomic E-state index is -0.790. The maximum absolute atomic E-state index is 12.9. The van der Waals surface area contributed by atoms with E-state index in [4.69, 9.17) is 14.2 Å². The van der Waals surface area contributed by atoms with Crippen LogP contribution in [0.4, 0.5) is 0 Å². The first-order valence-corrected chi connectivity index (χ1v) is 30.6. The summed E-state index contributed by atoms with van der Waals surface area (Å²) in [6.45, 7) is 6.50. The van der Waals surface area contributed by atoms with Gasteiger partial charge in [0.1, 0.15) is 13.2 Å². The molecule has 0 spiro atoms. The molecule has 0 amide bonds. The third-order valence-electron chi connectivity index (χ3n) is 13.1.